The quantitative estimate of drug-likeness (QED) is 0.828. The van der Waals surface area contributed by atoms with Gasteiger partial charge in [-0.15, -0.1) is 11.8 Å². The van der Waals surface area contributed by atoms with Crippen LogP contribution in [-0.4, -0.2) is 41.2 Å². The molecule has 0 fully saturated rings. The van der Waals surface area contributed by atoms with E-state index in [0.717, 1.165) is 11.8 Å². The molecule has 0 saturated carbocycles. The molecule has 1 aromatic rings. The van der Waals surface area contributed by atoms with E-state index >= 15 is 0 Å². The van der Waals surface area contributed by atoms with Gasteiger partial charge in [-0.3, -0.25) is 9.59 Å². The van der Waals surface area contributed by atoms with Crippen LogP contribution in [0.3, 0.4) is 0 Å². The summed E-state index contributed by atoms with van der Waals surface area (Å²) in [5.74, 6) is -0.745. The molecule has 0 aliphatic carbocycles. The second-order valence-electron chi connectivity index (χ2n) is 3.76. The molecule has 0 aliphatic rings. The van der Waals surface area contributed by atoms with Crippen molar-refractivity contribution in [3.05, 3.63) is 11.8 Å². The number of carbonyl (C=O) groups is 2. The summed E-state index contributed by atoms with van der Waals surface area (Å²) >= 11 is 0.896. The smallest absolute Gasteiger partial charge is 0.360 e. The molecule has 1 heterocycles. The van der Waals surface area contributed by atoms with Crippen LogP contribution in [0.2, 0.25) is 0 Å². The Balaban J connectivity index is 2.17. The molecule has 0 atom stereocenters. The van der Waals surface area contributed by atoms with Crippen molar-refractivity contribution in [3.8, 4) is 0 Å². The molecule has 0 aliphatic heterocycles. The molecule has 0 saturated heterocycles. The Morgan fingerprint density at radius 2 is 2.00 bits per heavy atom. The zero-order chi connectivity index (χ0) is 15.2. The highest BCUT2D eigenvalue weighted by atomic mass is 32.2. The normalized spacial score (nSPS) is 11.2. The minimum Gasteiger partial charge on any atom is -0.360 e. The van der Waals surface area contributed by atoms with Gasteiger partial charge in [-0.1, -0.05) is 5.16 Å². The number of halogens is 3. The second-order valence-corrected chi connectivity index (χ2v) is 4.74. The fraction of sp³-hybridized carbons (Fsp3) is 0.500. The Morgan fingerprint density at radius 3 is 2.55 bits per heavy atom. The van der Waals surface area contributed by atoms with Gasteiger partial charge < -0.3 is 15.2 Å². The summed E-state index contributed by atoms with van der Waals surface area (Å²) in [6.45, 7) is 0.277. The SMILES string of the molecule is Cc1cc(NC(=O)CSCC(=O)NCC(F)(F)F)no1. The standard InChI is InChI=1S/C10H12F3N3O3S/c1-6-2-7(16-19-6)15-9(18)4-20-3-8(17)14-5-10(11,12)13/h2H,3-5H2,1H3,(H,14,17)(H,15,16,18). The van der Waals surface area contributed by atoms with Crippen molar-refractivity contribution in [2.45, 2.75) is 13.1 Å². The second kappa shape index (κ2) is 7.17. The molecule has 1 aromatic heterocycles. The molecule has 0 unspecified atom stereocenters. The van der Waals surface area contributed by atoms with E-state index < -0.39 is 24.5 Å². The van der Waals surface area contributed by atoms with Crippen LogP contribution in [0.4, 0.5) is 19.0 Å². The molecule has 0 aromatic carbocycles. The number of anilines is 1. The van der Waals surface area contributed by atoms with E-state index in [0.29, 0.717) is 5.76 Å². The van der Waals surface area contributed by atoms with Crippen molar-refractivity contribution in [1.82, 2.24) is 10.5 Å². The van der Waals surface area contributed by atoms with Crippen molar-refractivity contribution >= 4 is 29.4 Å². The lowest BCUT2D eigenvalue weighted by Crippen LogP contribution is -2.35. The molecule has 6 nitrogen and oxygen atoms in total. The van der Waals surface area contributed by atoms with Gasteiger partial charge in [-0.05, 0) is 6.92 Å². The van der Waals surface area contributed by atoms with Gasteiger partial charge in [-0.2, -0.15) is 13.2 Å². The zero-order valence-electron chi connectivity index (χ0n) is 10.4. The molecular formula is C10H12F3N3O3S. The van der Waals surface area contributed by atoms with Crippen LogP contribution in [0.25, 0.3) is 0 Å². The third-order valence-electron chi connectivity index (χ3n) is 1.85. The van der Waals surface area contributed by atoms with Crippen molar-refractivity contribution in [2.75, 3.05) is 23.4 Å². The van der Waals surface area contributed by atoms with E-state index in [1.165, 1.54) is 6.07 Å². The topological polar surface area (TPSA) is 84.2 Å². The van der Waals surface area contributed by atoms with Crippen LogP contribution < -0.4 is 10.6 Å². The number of carbonyl (C=O) groups excluding carboxylic acids is 2. The van der Waals surface area contributed by atoms with Crippen molar-refractivity contribution in [1.29, 1.82) is 0 Å². The average Bonchev–Trinajstić information content (AvgIpc) is 2.71. The molecule has 2 amide bonds. The first-order chi connectivity index (χ1) is 9.26. The van der Waals surface area contributed by atoms with E-state index in [1.54, 1.807) is 12.2 Å². The minimum atomic E-state index is -4.44. The number of amides is 2. The van der Waals surface area contributed by atoms with E-state index in [4.69, 9.17) is 4.52 Å². The van der Waals surface area contributed by atoms with Gasteiger partial charge >= 0.3 is 6.18 Å². The summed E-state index contributed by atoms with van der Waals surface area (Å²) in [4.78, 5) is 22.4. The molecule has 0 spiro atoms. The summed E-state index contributed by atoms with van der Waals surface area (Å²) < 4.78 is 40.2. The third-order valence-corrected chi connectivity index (χ3v) is 2.78. The van der Waals surface area contributed by atoms with Crippen LogP contribution in [0.5, 0.6) is 0 Å². The highest BCUT2D eigenvalue weighted by Crippen LogP contribution is 2.12. The Bertz CT molecular complexity index is 476. The monoisotopic (exact) mass is 311 g/mol. The number of hydrogen-bond acceptors (Lipinski definition) is 5. The van der Waals surface area contributed by atoms with E-state index in [1.807, 2.05) is 0 Å². The third kappa shape index (κ3) is 7.02. The average molecular weight is 311 g/mol. The van der Waals surface area contributed by atoms with Gasteiger partial charge in [0.25, 0.3) is 0 Å². The van der Waals surface area contributed by atoms with Gasteiger partial charge in [0, 0.05) is 6.07 Å². The van der Waals surface area contributed by atoms with Crippen LogP contribution in [0.1, 0.15) is 5.76 Å². The molecule has 2 N–H and O–H groups in total. The molecule has 1 rings (SSSR count). The van der Waals surface area contributed by atoms with Crippen molar-refractivity contribution in [2.24, 2.45) is 0 Å². The van der Waals surface area contributed by atoms with Crippen LogP contribution in [0.15, 0.2) is 10.6 Å². The fourth-order valence-corrected chi connectivity index (χ4v) is 1.74. The van der Waals surface area contributed by atoms with Crippen LogP contribution in [-0.2, 0) is 9.59 Å². The molecular weight excluding hydrogens is 299 g/mol. The maximum atomic E-state index is 11.8. The number of thioether (sulfide) groups is 1. The van der Waals surface area contributed by atoms with Gasteiger partial charge in [0.2, 0.25) is 11.8 Å². The lowest BCUT2D eigenvalue weighted by molar-refractivity contribution is -0.136. The van der Waals surface area contributed by atoms with Crippen LogP contribution in [0, 0.1) is 6.92 Å². The summed E-state index contributed by atoms with van der Waals surface area (Å²) in [5, 5.41) is 7.66. The number of nitrogens with one attached hydrogen (secondary N) is 2. The number of aryl methyl sites for hydroxylation is 1. The minimum absolute atomic E-state index is 0.0780. The Hall–Kier alpha value is -1.71. The number of aromatic nitrogens is 1. The van der Waals surface area contributed by atoms with Gasteiger partial charge in [0.1, 0.15) is 12.3 Å². The van der Waals surface area contributed by atoms with Gasteiger partial charge in [-0.25, -0.2) is 0 Å². The van der Waals surface area contributed by atoms with Crippen molar-refractivity contribution < 1.29 is 27.3 Å². The van der Waals surface area contributed by atoms with Crippen molar-refractivity contribution in [3.63, 3.8) is 0 Å². The number of rotatable bonds is 6. The molecule has 20 heavy (non-hydrogen) atoms. The number of hydrogen-bond donors (Lipinski definition) is 2. The number of nitrogens with zero attached hydrogens (tertiary/aromatic N) is 1. The Labute approximate surface area is 116 Å². The molecule has 0 radical (unpaired) electrons. The Morgan fingerprint density at radius 1 is 1.35 bits per heavy atom. The fourth-order valence-electron chi connectivity index (χ4n) is 1.09. The predicted octanol–water partition coefficient (Wildman–Crippen LogP) is 1.33. The summed E-state index contributed by atoms with van der Waals surface area (Å²) in [7, 11) is 0. The van der Waals surface area contributed by atoms with Gasteiger partial charge in [0.05, 0.1) is 11.5 Å². The first-order valence-electron chi connectivity index (χ1n) is 5.40. The maximum Gasteiger partial charge on any atom is 0.405 e. The van der Waals surface area contributed by atoms with Gasteiger partial charge in [0.15, 0.2) is 5.82 Å². The Kier molecular flexibility index (Phi) is 5.86. The lowest BCUT2D eigenvalue weighted by atomic mass is 10.5. The first kappa shape index (κ1) is 16.3. The molecule has 0 bridgehead atoms. The maximum absolute atomic E-state index is 11.8. The van der Waals surface area contributed by atoms with E-state index in [-0.39, 0.29) is 17.3 Å². The molecule has 112 valence electrons. The predicted molar refractivity (Wildman–Crippen MR) is 66.3 cm³/mol. The van der Waals surface area contributed by atoms with E-state index in [2.05, 4.69) is 10.5 Å². The first-order valence-corrected chi connectivity index (χ1v) is 6.56. The summed E-state index contributed by atoms with van der Waals surface area (Å²) in [6, 6.07) is 1.51. The van der Waals surface area contributed by atoms with Crippen LogP contribution >= 0.6 is 11.8 Å². The highest BCUT2D eigenvalue weighted by molar-refractivity contribution is 8.00. The van der Waals surface area contributed by atoms with E-state index in [9.17, 15) is 22.8 Å². The zero-order valence-corrected chi connectivity index (χ0v) is 11.2. The number of alkyl halides is 3. The molecule has 10 heteroatoms. The largest absolute Gasteiger partial charge is 0.405 e. The lowest BCUT2D eigenvalue weighted by Gasteiger charge is -2.07. The summed E-state index contributed by atoms with van der Waals surface area (Å²) in [6.07, 6.45) is -4.44. The highest BCUT2D eigenvalue weighted by Gasteiger charge is 2.27. The summed E-state index contributed by atoms with van der Waals surface area (Å²) in [5.41, 5.74) is 0.